The van der Waals surface area contributed by atoms with Crippen LogP contribution in [0.25, 0.3) is 0 Å². The third kappa shape index (κ3) is 8.87. The van der Waals surface area contributed by atoms with Gasteiger partial charge in [-0.05, 0) is 71.1 Å². The summed E-state index contributed by atoms with van der Waals surface area (Å²) < 4.78 is 10.2. The molecule has 3 atom stereocenters. The first-order valence-corrected chi connectivity index (χ1v) is 13.6. The molecule has 1 saturated heterocycles. The predicted molar refractivity (Wildman–Crippen MR) is 141 cm³/mol. The summed E-state index contributed by atoms with van der Waals surface area (Å²) in [5.74, 6) is -1.46. The van der Waals surface area contributed by atoms with Gasteiger partial charge in [-0.2, -0.15) is 0 Å². The molecular formula is C27H46N4O7. The number of hydrogen-bond donors (Lipinski definition) is 3. The largest absolute Gasteiger partial charge is 0.467 e. The van der Waals surface area contributed by atoms with Gasteiger partial charge < -0.3 is 30.3 Å². The lowest BCUT2D eigenvalue weighted by molar-refractivity contribution is -0.146. The van der Waals surface area contributed by atoms with Crippen LogP contribution >= 0.6 is 0 Å². The second-order valence-electron chi connectivity index (χ2n) is 12.3. The lowest BCUT2D eigenvalue weighted by Crippen LogP contribution is -2.58. The molecular weight excluding hydrogens is 492 g/mol. The molecule has 0 spiro atoms. The monoisotopic (exact) mass is 538 g/mol. The molecule has 1 aliphatic carbocycles. The Bertz CT molecular complexity index is 892. The van der Waals surface area contributed by atoms with E-state index < -0.39 is 53.1 Å². The van der Waals surface area contributed by atoms with Crippen LogP contribution in [0.1, 0.15) is 87.0 Å². The Morgan fingerprint density at radius 1 is 0.947 bits per heavy atom. The van der Waals surface area contributed by atoms with Gasteiger partial charge in [0.15, 0.2) is 0 Å². The van der Waals surface area contributed by atoms with E-state index in [4.69, 9.17) is 9.47 Å². The number of alkyl carbamates (subject to hydrolysis) is 1. The van der Waals surface area contributed by atoms with Gasteiger partial charge in [0.05, 0.1) is 7.11 Å². The number of rotatable bonds is 11. The van der Waals surface area contributed by atoms with Crippen molar-refractivity contribution in [2.75, 3.05) is 13.7 Å². The van der Waals surface area contributed by atoms with Crippen molar-refractivity contribution in [2.45, 2.75) is 116 Å². The number of hydrogen-bond acceptors (Lipinski definition) is 7. The van der Waals surface area contributed by atoms with Gasteiger partial charge in [0.1, 0.15) is 29.3 Å². The van der Waals surface area contributed by atoms with E-state index in [0.717, 1.165) is 0 Å². The Labute approximate surface area is 226 Å². The van der Waals surface area contributed by atoms with E-state index in [1.54, 1.807) is 20.8 Å². The van der Waals surface area contributed by atoms with Crippen LogP contribution in [-0.4, -0.2) is 77.6 Å². The van der Waals surface area contributed by atoms with Crippen LogP contribution in [0.4, 0.5) is 4.79 Å². The summed E-state index contributed by atoms with van der Waals surface area (Å²) >= 11 is 0. The zero-order chi connectivity index (χ0) is 28.8. The number of carbonyl (C=O) groups excluding carboxylic acids is 5. The summed E-state index contributed by atoms with van der Waals surface area (Å²) in [7, 11) is 1.27. The number of nitrogens with one attached hydrogen (secondary N) is 3. The maximum Gasteiger partial charge on any atom is 0.408 e. The van der Waals surface area contributed by atoms with Crippen molar-refractivity contribution in [3.8, 4) is 0 Å². The summed E-state index contributed by atoms with van der Waals surface area (Å²) in [4.78, 5) is 66.0. The Morgan fingerprint density at radius 2 is 1.53 bits per heavy atom. The molecule has 2 aliphatic rings. The molecule has 216 valence electrons. The van der Waals surface area contributed by atoms with Crippen LogP contribution in [-0.2, 0) is 28.7 Å². The van der Waals surface area contributed by atoms with Crippen molar-refractivity contribution in [2.24, 2.45) is 11.8 Å². The molecule has 11 nitrogen and oxygen atoms in total. The van der Waals surface area contributed by atoms with Crippen LogP contribution in [0.2, 0.25) is 0 Å². The molecule has 0 unspecified atom stereocenters. The molecule has 4 amide bonds. The first-order chi connectivity index (χ1) is 17.6. The van der Waals surface area contributed by atoms with Gasteiger partial charge in [-0.15, -0.1) is 0 Å². The number of likely N-dealkylation sites (tertiary alicyclic amines) is 1. The fourth-order valence-electron chi connectivity index (χ4n) is 4.62. The van der Waals surface area contributed by atoms with Crippen molar-refractivity contribution >= 4 is 29.8 Å². The van der Waals surface area contributed by atoms with E-state index in [-0.39, 0.29) is 17.7 Å². The van der Waals surface area contributed by atoms with E-state index >= 15 is 0 Å². The molecule has 11 heteroatoms. The number of methoxy groups -OCH3 is 1. The average Bonchev–Trinajstić information content (AvgIpc) is 3.39. The number of amides is 4. The molecule has 2 fully saturated rings. The normalized spacial score (nSPS) is 19.9. The van der Waals surface area contributed by atoms with Crippen LogP contribution < -0.4 is 16.0 Å². The third-order valence-corrected chi connectivity index (χ3v) is 6.58. The Morgan fingerprint density at radius 3 is 2.03 bits per heavy atom. The maximum absolute atomic E-state index is 13.5. The van der Waals surface area contributed by atoms with Crippen LogP contribution in [0.3, 0.4) is 0 Å². The predicted octanol–water partition coefficient (Wildman–Crippen LogP) is 2.27. The van der Waals surface area contributed by atoms with Crippen molar-refractivity contribution in [1.29, 1.82) is 0 Å². The molecule has 1 heterocycles. The molecule has 38 heavy (non-hydrogen) atoms. The summed E-state index contributed by atoms with van der Waals surface area (Å²) in [6, 6.07) is -2.40. The van der Waals surface area contributed by atoms with Gasteiger partial charge in [-0.3, -0.25) is 14.4 Å². The van der Waals surface area contributed by atoms with Crippen LogP contribution in [0, 0.1) is 11.8 Å². The Balaban J connectivity index is 2.10. The van der Waals surface area contributed by atoms with Gasteiger partial charge in [0, 0.05) is 6.54 Å². The third-order valence-electron chi connectivity index (χ3n) is 6.58. The zero-order valence-corrected chi connectivity index (χ0v) is 24.1. The second kappa shape index (κ2) is 12.8. The lowest BCUT2D eigenvalue weighted by atomic mass is 10.0. The number of carbonyl (C=O) groups is 5. The molecule has 0 aromatic rings. The van der Waals surface area contributed by atoms with E-state index in [1.807, 2.05) is 27.7 Å². The summed E-state index contributed by atoms with van der Waals surface area (Å²) in [6.07, 6.45) is 2.08. The molecule has 0 aromatic carbocycles. The highest BCUT2D eigenvalue weighted by Gasteiger charge is 2.53. The molecule has 1 saturated carbocycles. The van der Waals surface area contributed by atoms with Gasteiger partial charge >= 0.3 is 12.1 Å². The second-order valence-corrected chi connectivity index (χ2v) is 12.3. The van der Waals surface area contributed by atoms with E-state index in [2.05, 4.69) is 16.0 Å². The zero-order valence-electron chi connectivity index (χ0n) is 24.1. The lowest BCUT2D eigenvalue weighted by Gasteiger charge is -2.31. The van der Waals surface area contributed by atoms with Crippen molar-refractivity contribution < 1.29 is 33.4 Å². The molecule has 0 aromatic heterocycles. The molecule has 2 rings (SSSR count). The minimum absolute atomic E-state index is 0.112. The van der Waals surface area contributed by atoms with E-state index in [0.29, 0.717) is 45.1 Å². The standard InChI is InChI=1S/C27H46N4O7/c1-16(2)14-18(29-25(36)38-26(5,6)7)22(33)31-13-9-10-20(31)21(32)30-27(11-12-27)24(35)28-19(15-17(3)4)23(34)37-8/h16-20H,9-15H2,1-8H3,(H,28,35)(H,29,36)(H,30,32)/t18-,19-,20+/m0/s1. The number of esters is 1. The number of nitrogens with zero attached hydrogens (tertiary/aromatic N) is 1. The SMILES string of the molecule is COC(=O)[C@H](CC(C)C)NC(=O)C1(NC(=O)[C@H]2CCCN2C(=O)[C@H](CC(C)C)NC(=O)OC(C)(C)C)CC1. The first-order valence-electron chi connectivity index (χ1n) is 13.6. The fraction of sp³-hybridized carbons (Fsp3) is 0.815. The molecule has 0 bridgehead atoms. The van der Waals surface area contributed by atoms with Gasteiger partial charge in [-0.1, -0.05) is 27.7 Å². The molecule has 0 radical (unpaired) electrons. The fourth-order valence-corrected chi connectivity index (χ4v) is 4.62. The topological polar surface area (TPSA) is 143 Å². The quantitative estimate of drug-likeness (QED) is 0.342. The minimum atomic E-state index is -1.11. The summed E-state index contributed by atoms with van der Waals surface area (Å²) in [6.45, 7) is 13.4. The van der Waals surface area contributed by atoms with E-state index in [1.165, 1.54) is 12.0 Å². The van der Waals surface area contributed by atoms with Gasteiger partial charge in [0.2, 0.25) is 17.7 Å². The average molecular weight is 539 g/mol. The van der Waals surface area contributed by atoms with Crippen LogP contribution in [0.15, 0.2) is 0 Å². The van der Waals surface area contributed by atoms with Crippen LogP contribution in [0.5, 0.6) is 0 Å². The van der Waals surface area contributed by atoms with Crippen molar-refractivity contribution in [1.82, 2.24) is 20.9 Å². The highest BCUT2D eigenvalue weighted by Crippen LogP contribution is 2.36. The first kappa shape index (κ1) is 31.4. The van der Waals surface area contributed by atoms with Crippen molar-refractivity contribution in [3.63, 3.8) is 0 Å². The van der Waals surface area contributed by atoms with Crippen molar-refractivity contribution in [3.05, 3.63) is 0 Å². The summed E-state index contributed by atoms with van der Waals surface area (Å²) in [5.41, 5.74) is -1.82. The Hall–Kier alpha value is -2.85. The smallest absolute Gasteiger partial charge is 0.408 e. The maximum atomic E-state index is 13.5. The van der Waals surface area contributed by atoms with E-state index in [9.17, 15) is 24.0 Å². The minimum Gasteiger partial charge on any atom is -0.467 e. The highest BCUT2D eigenvalue weighted by atomic mass is 16.6. The summed E-state index contributed by atoms with van der Waals surface area (Å²) in [5, 5.41) is 8.27. The molecule has 1 aliphatic heterocycles. The highest BCUT2D eigenvalue weighted by molar-refractivity contribution is 5.98. The Kier molecular flexibility index (Phi) is 10.6. The molecule has 3 N–H and O–H groups in total. The van der Waals surface area contributed by atoms with Gasteiger partial charge in [0.25, 0.3) is 0 Å². The number of ether oxygens (including phenoxy) is 2. The van der Waals surface area contributed by atoms with Gasteiger partial charge in [-0.25, -0.2) is 9.59 Å².